The summed E-state index contributed by atoms with van der Waals surface area (Å²) in [5.74, 6) is 0. The second-order valence-electron chi connectivity index (χ2n) is 3.38. The Morgan fingerprint density at radius 2 is 2.09 bits per heavy atom. The first-order valence-corrected chi connectivity index (χ1v) is 4.82. The lowest BCUT2D eigenvalue weighted by molar-refractivity contribution is 0.410. The van der Waals surface area contributed by atoms with Crippen molar-refractivity contribution in [2.45, 2.75) is 43.9 Å². The van der Waals surface area contributed by atoms with Gasteiger partial charge in [0.05, 0.1) is 0 Å². The molecular weight excluding hydrogens is 154 g/mol. The van der Waals surface area contributed by atoms with Crippen molar-refractivity contribution in [1.29, 1.82) is 0 Å². The molecule has 11 heavy (non-hydrogen) atoms. The van der Waals surface area contributed by atoms with E-state index >= 15 is 0 Å². The zero-order chi connectivity index (χ0) is 8.27. The Morgan fingerprint density at radius 3 is 2.64 bits per heavy atom. The van der Waals surface area contributed by atoms with Crippen molar-refractivity contribution in [1.82, 2.24) is 5.32 Å². The molecule has 0 bridgehead atoms. The van der Waals surface area contributed by atoms with Gasteiger partial charge >= 0.3 is 0 Å². The van der Waals surface area contributed by atoms with Crippen molar-refractivity contribution < 1.29 is 0 Å². The van der Waals surface area contributed by atoms with Crippen LogP contribution >= 0.6 is 12.6 Å². The minimum absolute atomic E-state index is 0.528. The maximum absolute atomic E-state index is 4.53. The van der Waals surface area contributed by atoms with Crippen molar-refractivity contribution >= 4 is 12.6 Å². The SMILES string of the molecule is C=C(C)NC1CCCCC1S. The Kier molecular flexibility index (Phi) is 3.31. The number of thiol groups is 1. The predicted octanol–water partition coefficient (Wildman–Crippen LogP) is 2.35. The summed E-state index contributed by atoms with van der Waals surface area (Å²) in [6, 6.07) is 0.560. The minimum Gasteiger partial charge on any atom is -0.385 e. The Balaban J connectivity index is 2.35. The zero-order valence-electron chi connectivity index (χ0n) is 7.14. The van der Waals surface area contributed by atoms with Crippen molar-refractivity contribution in [3.8, 4) is 0 Å². The molecule has 0 aliphatic heterocycles. The van der Waals surface area contributed by atoms with Crippen LogP contribution in [0.15, 0.2) is 12.3 Å². The van der Waals surface area contributed by atoms with E-state index in [-0.39, 0.29) is 0 Å². The topological polar surface area (TPSA) is 12.0 Å². The Morgan fingerprint density at radius 1 is 1.45 bits per heavy atom. The Bertz CT molecular complexity index is 144. The van der Waals surface area contributed by atoms with Gasteiger partial charge in [-0.05, 0) is 19.8 Å². The van der Waals surface area contributed by atoms with Crippen LogP contribution in [0.25, 0.3) is 0 Å². The number of allylic oxidation sites excluding steroid dienone is 1. The van der Waals surface area contributed by atoms with Gasteiger partial charge in [-0.2, -0.15) is 12.6 Å². The maximum atomic E-state index is 4.53. The van der Waals surface area contributed by atoms with Gasteiger partial charge in [-0.25, -0.2) is 0 Å². The number of nitrogens with one attached hydrogen (secondary N) is 1. The summed E-state index contributed by atoms with van der Waals surface area (Å²) in [6.07, 6.45) is 5.17. The number of hydrogen-bond donors (Lipinski definition) is 2. The molecule has 2 atom stereocenters. The average molecular weight is 171 g/mol. The van der Waals surface area contributed by atoms with Gasteiger partial charge in [0, 0.05) is 17.0 Å². The highest BCUT2D eigenvalue weighted by atomic mass is 32.1. The van der Waals surface area contributed by atoms with Gasteiger partial charge in [-0.15, -0.1) is 0 Å². The van der Waals surface area contributed by atoms with E-state index in [0.717, 1.165) is 5.70 Å². The quantitative estimate of drug-likeness (QED) is 0.608. The smallest absolute Gasteiger partial charge is 0.0374 e. The molecule has 1 aliphatic carbocycles. The first-order valence-electron chi connectivity index (χ1n) is 4.30. The number of hydrogen-bond acceptors (Lipinski definition) is 2. The molecular formula is C9H17NS. The predicted molar refractivity (Wildman–Crippen MR) is 53.0 cm³/mol. The molecule has 0 aromatic carbocycles. The second-order valence-corrected chi connectivity index (χ2v) is 4.05. The van der Waals surface area contributed by atoms with Crippen LogP contribution in [0.2, 0.25) is 0 Å². The first kappa shape index (κ1) is 8.98. The summed E-state index contributed by atoms with van der Waals surface area (Å²) in [5.41, 5.74) is 1.07. The molecule has 1 fully saturated rings. The fraction of sp³-hybridized carbons (Fsp3) is 0.778. The van der Waals surface area contributed by atoms with Gasteiger partial charge in [0.25, 0.3) is 0 Å². The summed E-state index contributed by atoms with van der Waals surface area (Å²) in [5, 5.41) is 3.89. The standard InChI is InChI=1S/C9H17NS/c1-7(2)10-8-5-3-4-6-9(8)11/h8-11H,1,3-6H2,2H3. The molecule has 1 nitrogen and oxygen atoms in total. The molecule has 0 radical (unpaired) electrons. The van der Waals surface area contributed by atoms with E-state index in [1.807, 2.05) is 6.92 Å². The largest absolute Gasteiger partial charge is 0.385 e. The van der Waals surface area contributed by atoms with Crippen molar-refractivity contribution in [3.63, 3.8) is 0 Å². The van der Waals surface area contributed by atoms with E-state index in [0.29, 0.717) is 11.3 Å². The van der Waals surface area contributed by atoms with E-state index in [9.17, 15) is 0 Å². The monoisotopic (exact) mass is 171 g/mol. The highest BCUT2D eigenvalue weighted by Crippen LogP contribution is 2.22. The van der Waals surface area contributed by atoms with Crippen LogP contribution in [0, 0.1) is 0 Å². The molecule has 0 heterocycles. The molecule has 0 aromatic rings. The molecule has 0 saturated heterocycles. The summed E-state index contributed by atoms with van der Waals surface area (Å²) >= 11 is 4.53. The summed E-state index contributed by atoms with van der Waals surface area (Å²) < 4.78 is 0. The fourth-order valence-corrected chi connectivity index (χ4v) is 2.00. The lowest BCUT2D eigenvalue weighted by Crippen LogP contribution is -2.37. The summed E-state index contributed by atoms with van der Waals surface area (Å²) in [4.78, 5) is 0. The summed E-state index contributed by atoms with van der Waals surface area (Å²) in [7, 11) is 0. The Labute approximate surface area is 74.7 Å². The van der Waals surface area contributed by atoms with Crippen LogP contribution in [0.4, 0.5) is 0 Å². The van der Waals surface area contributed by atoms with E-state index in [1.54, 1.807) is 0 Å². The van der Waals surface area contributed by atoms with Crippen LogP contribution in [0.1, 0.15) is 32.6 Å². The van der Waals surface area contributed by atoms with Crippen LogP contribution in [-0.2, 0) is 0 Å². The van der Waals surface area contributed by atoms with Crippen LogP contribution in [0.5, 0.6) is 0 Å². The van der Waals surface area contributed by atoms with Crippen LogP contribution in [-0.4, -0.2) is 11.3 Å². The van der Waals surface area contributed by atoms with E-state index in [2.05, 4.69) is 24.5 Å². The van der Waals surface area contributed by atoms with Gasteiger partial charge in [-0.3, -0.25) is 0 Å². The molecule has 0 aromatic heterocycles. The molecule has 1 saturated carbocycles. The maximum Gasteiger partial charge on any atom is 0.0374 e. The van der Waals surface area contributed by atoms with Crippen LogP contribution in [0.3, 0.4) is 0 Å². The minimum atomic E-state index is 0.528. The molecule has 0 spiro atoms. The molecule has 0 amide bonds. The molecule has 64 valence electrons. The molecule has 2 unspecified atom stereocenters. The van der Waals surface area contributed by atoms with Gasteiger partial charge in [0.15, 0.2) is 0 Å². The fourth-order valence-electron chi connectivity index (χ4n) is 1.60. The lowest BCUT2D eigenvalue weighted by Gasteiger charge is -2.29. The second kappa shape index (κ2) is 4.05. The average Bonchev–Trinajstić information content (AvgIpc) is 1.93. The van der Waals surface area contributed by atoms with Gasteiger partial charge in [0.1, 0.15) is 0 Å². The third kappa shape index (κ3) is 2.78. The van der Waals surface area contributed by atoms with Gasteiger partial charge in [0.2, 0.25) is 0 Å². The molecule has 2 heteroatoms. The zero-order valence-corrected chi connectivity index (χ0v) is 8.03. The highest BCUT2D eigenvalue weighted by Gasteiger charge is 2.20. The summed E-state index contributed by atoms with van der Waals surface area (Å²) in [6.45, 7) is 5.85. The molecule has 1 N–H and O–H groups in total. The highest BCUT2D eigenvalue weighted by molar-refractivity contribution is 7.81. The van der Waals surface area contributed by atoms with E-state index < -0.39 is 0 Å². The third-order valence-corrected chi connectivity index (χ3v) is 2.78. The molecule has 1 aliphatic rings. The number of rotatable bonds is 2. The molecule has 1 rings (SSSR count). The lowest BCUT2D eigenvalue weighted by atomic mass is 9.95. The van der Waals surface area contributed by atoms with Crippen molar-refractivity contribution in [3.05, 3.63) is 12.3 Å². The van der Waals surface area contributed by atoms with Crippen molar-refractivity contribution in [2.24, 2.45) is 0 Å². The Hall–Kier alpha value is -0.110. The van der Waals surface area contributed by atoms with E-state index in [4.69, 9.17) is 0 Å². The van der Waals surface area contributed by atoms with Crippen molar-refractivity contribution in [2.75, 3.05) is 0 Å². The third-order valence-electron chi connectivity index (χ3n) is 2.16. The van der Waals surface area contributed by atoms with E-state index in [1.165, 1.54) is 25.7 Å². The van der Waals surface area contributed by atoms with Crippen LogP contribution < -0.4 is 5.32 Å². The van der Waals surface area contributed by atoms with Gasteiger partial charge < -0.3 is 5.32 Å². The normalized spacial score (nSPS) is 31.5. The first-order chi connectivity index (χ1) is 5.20. The van der Waals surface area contributed by atoms with Gasteiger partial charge in [-0.1, -0.05) is 19.4 Å².